The molecule has 0 aliphatic carbocycles. The van der Waals surface area contributed by atoms with E-state index in [1.54, 1.807) is 0 Å². The molecule has 17 heavy (non-hydrogen) atoms. The summed E-state index contributed by atoms with van der Waals surface area (Å²) in [6.45, 7) is 0.796. The summed E-state index contributed by atoms with van der Waals surface area (Å²) >= 11 is 0. The zero-order valence-electron chi connectivity index (χ0n) is 9.31. The van der Waals surface area contributed by atoms with Crippen LogP contribution in [0, 0.1) is 0 Å². The molecular formula is C10H15N3O4. The molecule has 2 aliphatic rings. The molecule has 0 radical (unpaired) electrons. The molecule has 2 atom stereocenters. The highest BCUT2D eigenvalue weighted by Gasteiger charge is 2.37. The maximum Gasteiger partial charge on any atom is 0.326 e. The number of nitrogens with one attached hydrogen (secondary N) is 2. The number of hydrogen-bond donors (Lipinski definition) is 3. The van der Waals surface area contributed by atoms with Gasteiger partial charge in [-0.05, 0) is 12.8 Å². The van der Waals surface area contributed by atoms with E-state index in [1.165, 1.54) is 4.90 Å². The zero-order chi connectivity index (χ0) is 12.4. The van der Waals surface area contributed by atoms with E-state index < -0.39 is 18.1 Å². The minimum atomic E-state index is -0.962. The van der Waals surface area contributed by atoms with Crippen LogP contribution in [0.1, 0.15) is 12.8 Å². The van der Waals surface area contributed by atoms with Crippen molar-refractivity contribution in [1.29, 1.82) is 0 Å². The Kier molecular flexibility index (Phi) is 3.28. The number of rotatable bonds is 2. The Hall–Kier alpha value is -1.63. The molecule has 0 aromatic carbocycles. The van der Waals surface area contributed by atoms with Gasteiger partial charge >= 0.3 is 5.97 Å². The van der Waals surface area contributed by atoms with E-state index >= 15 is 0 Å². The van der Waals surface area contributed by atoms with Gasteiger partial charge in [-0.1, -0.05) is 0 Å². The van der Waals surface area contributed by atoms with Crippen molar-refractivity contribution < 1.29 is 19.5 Å². The van der Waals surface area contributed by atoms with Crippen LogP contribution in [0.5, 0.6) is 0 Å². The monoisotopic (exact) mass is 241 g/mol. The van der Waals surface area contributed by atoms with E-state index in [4.69, 9.17) is 5.11 Å². The fraction of sp³-hybridized carbons (Fsp3) is 0.700. The van der Waals surface area contributed by atoms with Gasteiger partial charge in [0.2, 0.25) is 11.8 Å². The van der Waals surface area contributed by atoms with Crippen LogP contribution in [0.2, 0.25) is 0 Å². The molecule has 0 saturated carbocycles. The smallest absolute Gasteiger partial charge is 0.326 e. The molecule has 0 spiro atoms. The molecule has 2 amide bonds. The molecule has 94 valence electrons. The molecule has 7 heteroatoms. The van der Waals surface area contributed by atoms with Gasteiger partial charge in [0.25, 0.3) is 0 Å². The Morgan fingerprint density at radius 1 is 1.41 bits per heavy atom. The van der Waals surface area contributed by atoms with Crippen LogP contribution in [0.4, 0.5) is 0 Å². The van der Waals surface area contributed by atoms with Crippen molar-refractivity contribution in [3.63, 3.8) is 0 Å². The van der Waals surface area contributed by atoms with E-state index in [2.05, 4.69) is 10.6 Å². The van der Waals surface area contributed by atoms with E-state index in [9.17, 15) is 14.4 Å². The predicted octanol–water partition coefficient (Wildman–Crippen LogP) is -1.85. The van der Waals surface area contributed by atoms with Gasteiger partial charge in [-0.3, -0.25) is 14.9 Å². The van der Waals surface area contributed by atoms with Gasteiger partial charge in [0.05, 0.1) is 6.54 Å². The van der Waals surface area contributed by atoms with Crippen molar-refractivity contribution in [2.45, 2.75) is 24.9 Å². The summed E-state index contributed by atoms with van der Waals surface area (Å²) in [5.74, 6) is -1.35. The van der Waals surface area contributed by atoms with Crippen LogP contribution in [0.25, 0.3) is 0 Å². The van der Waals surface area contributed by atoms with E-state index in [0.29, 0.717) is 19.4 Å². The molecule has 0 aromatic rings. The summed E-state index contributed by atoms with van der Waals surface area (Å²) in [6.07, 6.45) is 1.21. The van der Waals surface area contributed by atoms with Gasteiger partial charge in [0.1, 0.15) is 12.1 Å². The number of piperazine rings is 1. The number of carbonyl (C=O) groups excluding carboxylic acids is 2. The highest BCUT2D eigenvalue weighted by atomic mass is 16.4. The number of carboxylic acids is 1. The normalized spacial score (nSPS) is 28.9. The highest BCUT2D eigenvalue weighted by Crippen LogP contribution is 2.18. The maximum absolute atomic E-state index is 12.1. The van der Waals surface area contributed by atoms with Crippen LogP contribution in [-0.4, -0.2) is 59.5 Å². The first-order valence-corrected chi connectivity index (χ1v) is 5.63. The third-order valence-corrected chi connectivity index (χ3v) is 3.13. The van der Waals surface area contributed by atoms with Crippen LogP contribution in [-0.2, 0) is 14.4 Å². The molecule has 2 saturated heterocycles. The minimum absolute atomic E-state index is 0.0992. The number of carbonyl (C=O) groups is 3. The van der Waals surface area contributed by atoms with Crippen LogP contribution >= 0.6 is 0 Å². The molecule has 2 fully saturated rings. The summed E-state index contributed by atoms with van der Waals surface area (Å²) in [7, 11) is 0. The number of likely N-dealkylation sites (tertiary alicyclic amines) is 1. The van der Waals surface area contributed by atoms with E-state index in [-0.39, 0.29) is 24.9 Å². The highest BCUT2D eigenvalue weighted by molar-refractivity contribution is 5.90. The van der Waals surface area contributed by atoms with Gasteiger partial charge in [0.15, 0.2) is 0 Å². The Balaban J connectivity index is 1.99. The largest absolute Gasteiger partial charge is 0.480 e. The van der Waals surface area contributed by atoms with Crippen molar-refractivity contribution in [3.05, 3.63) is 0 Å². The second-order valence-corrected chi connectivity index (χ2v) is 4.27. The Morgan fingerprint density at radius 2 is 2.18 bits per heavy atom. The molecule has 7 nitrogen and oxygen atoms in total. The Bertz CT molecular complexity index is 347. The maximum atomic E-state index is 12.1. The van der Waals surface area contributed by atoms with Gasteiger partial charge in [-0.25, -0.2) is 4.79 Å². The SMILES string of the molecule is O=C1CNC(C(=O)N2CCC[C@@H]2C(=O)O)CN1. The first-order valence-electron chi connectivity index (χ1n) is 5.63. The molecule has 0 bridgehead atoms. The quantitative estimate of drug-likeness (QED) is 0.527. The van der Waals surface area contributed by atoms with Gasteiger partial charge in [-0.15, -0.1) is 0 Å². The van der Waals surface area contributed by atoms with Crippen molar-refractivity contribution in [2.24, 2.45) is 0 Å². The zero-order valence-corrected chi connectivity index (χ0v) is 9.31. The molecule has 2 aliphatic heterocycles. The summed E-state index contributed by atoms with van der Waals surface area (Å²) in [5, 5.41) is 14.4. The number of hydrogen-bond acceptors (Lipinski definition) is 4. The summed E-state index contributed by atoms with van der Waals surface area (Å²) in [4.78, 5) is 35.4. The van der Waals surface area contributed by atoms with Gasteiger partial charge in [0, 0.05) is 13.1 Å². The summed E-state index contributed by atoms with van der Waals surface area (Å²) in [5.41, 5.74) is 0. The van der Waals surface area contributed by atoms with Gasteiger partial charge in [-0.2, -0.15) is 0 Å². The summed E-state index contributed by atoms with van der Waals surface area (Å²) in [6, 6.07) is -1.23. The number of carboxylic acid groups (broad SMARTS) is 1. The van der Waals surface area contributed by atoms with Crippen molar-refractivity contribution in [3.8, 4) is 0 Å². The third kappa shape index (κ3) is 2.38. The molecular weight excluding hydrogens is 226 g/mol. The van der Waals surface area contributed by atoms with Crippen molar-refractivity contribution in [1.82, 2.24) is 15.5 Å². The van der Waals surface area contributed by atoms with E-state index in [0.717, 1.165) is 0 Å². The standard InChI is InChI=1S/C10H15N3O4/c14-8-5-11-6(4-12-8)9(15)13-3-1-2-7(13)10(16)17/h6-7,11H,1-5H2,(H,12,14)(H,16,17)/t6?,7-/m1/s1. The van der Waals surface area contributed by atoms with Crippen molar-refractivity contribution >= 4 is 17.8 Å². The number of aliphatic carboxylic acids is 1. The average molecular weight is 241 g/mol. The second-order valence-electron chi connectivity index (χ2n) is 4.27. The number of amides is 2. The lowest BCUT2D eigenvalue weighted by molar-refractivity contribution is -0.149. The molecule has 3 N–H and O–H groups in total. The molecule has 2 heterocycles. The average Bonchev–Trinajstić information content (AvgIpc) is 2.78. The van der Waals surface area contributed by atoms with Gasteiger partial charge < -0.3 is 15.3 Å². The lowest BCUT2D eigenvalue weighted by atomic mass is 10.1. The number of nitrogens with zero attached hydrogens (tertiary/aromatic N) is 1. The molecule has 1 unspecified atom stereocenters. The first kappa shape index (κ1) is 11.8. The fourth-order valence-electron chi connectivity index (χ4n) is 2.23. The topological polar surface area (TPSA) is 98.7 Å². The van der Waals surface area contributed by atoms with E-state index in [1.807, 2.05) is 0 Å². The fourth-order valence-corrected chi connectivity index (χ4v) is 2.23. The molecule has 2 rings (SSSR count). The summed E-state index contributed by atoms with van der Waals surface area (Å²) < 4.78 is 0. The predicted molar refractivity (Wildman–Crippen MR) is 57.2 cm³/mol. The third-order valence-electron chi connectivity index (χ3n) is 3.13. The van der Waals surface area contributed by atoms with Crippen LogP contribution in [0.3, 0.4) is 0 Å². The second kappa shape index (κ2) is 4.70. The van der Waals surface area contributed by atoms with Crippen LogP contribution in [0.15, 0.2) is 0 Å². The lowest BCUT2D eigenvalue weighted by Crippen LogP contribution is -2.59. The minimum Gasteiger partial charge on any atom is -0.480 e. The first-order chi connectivity index (χ1) is 8.09. The lowest BCUT2D eigenvalue weighted by Gasteiger charge is -2.29. The Morgan fingerprint density at radius 3 is 2.76 bits per heavy atom. The molecule has 0 aromatic heterocycles. The van der Waals surface area contributed by atoms with Crippen molar-refractivity contribution in [2.75, 3.05) is 19.6 Å². The Labute approximate surface area is 98.2 Å². The van der Waals surface area contributed by atoms with Crippen LogP contribution < -0.4 is 10.6 Å².